The van der Waals surface area contributed by atoms with E-state index >= 15 is 0 Å². The molecule has 0 unspecified atom stereocenters. The molecule has 1 fully saturated rings. The van der Waals surface area contributed by atoms with E-state index in [1.807, 2.05) is 91.0 Å². The first kappa shape index (κ1) is 21.2. The first-order chi connectivity index (χ1) is 15.3. The molecule has 0 aliphatic carbocycles. The predicted octanol–water partition coefficient (Wildman–Crippen LogP) is 3.87. The fraction of sp³-hybridized carbons (Fsp3) is 0.269. The molecule has 3 aromatic carbocycles. The molecule has 160 valence electrons. The molecule has 0 bridgehead atoms. The van der Waals surface area contributed by atoms with Crippen LogP contribution in [0.1, 0.15) is 16.7 Å². The van der Waals surface area contributed by atoms with Gasteiger partial charge in [0.2, 0.25) is 0 Å². The van der Waals surface area contributed by atoms with Crippen molar-refractivity contribution in [2.75, 3.05) is 6.61 Å². The summed E-state index contributed by atoms with van der Waals surface area (Å²) in [5.74, 6) is -0.165. The molecule has 0 saturated carbocycles. The summed E-state index contributed by atoms with van der Waals surface area (Å²) < 4.78 is 18.1. The van der Waals surface area contributed by atoms with Crippen LogP contribution in [0.3, 0.4) is 0 Å². The van der Waals surface area contributed by atoms with E-state index in [2.05, 4.69) is 5.32 Å². The summed E-state index contributed by atoms with van der Waals surface area (Å²) in [5.41, 5.74) is 3.15. The fourth-order valence-electron chi connectivity index (χ4n) is 3.62. The third kappa shape index (κ3) is 6.01. The van der Waals surface area contributed by atoms with Crippen LogP contribution in [0.25, 0.3) is 0 Å². The minimum absolute atomic E-state index is 0.165. The van der Waals surface area contributed by atoms with Gasteiger partial charge in [0.1, 0.15) is 6.10 Å². The average molecular weight is 418 g/mol. The Bertz CT molecular complexity index is 933. The molecule has 5 heteroatoms. The third-order valence-electron chi connectivity index (χ3n) is 5.25. The van der Waals surface area contributed by atoms with Gasteiger partial charge in [-0.3, -0.25) is 4.79 Å². The molecule has 0 radical (unpaired) electrons. The number of carbonyl (C=O) groups is 1. The van der Waals surface area contributed by atoms with Crippen LogP contribution in [-0.4, -0.2) is 30.8 Å². The Balaban J connectivity index is 1.40. The average Bonchev–Trinajstić information content (AvgIpc) is 3.12. The molecule has 0 aromatic heterocycles. The molecule has 5 nitrogen and oxygen atoms in total. The number of carbonyl (C=O) groups excluding carboxylic acids is 1. The van der Waals surface area contributed by atoms with Crippen molar-refractivity contribution in [3.63, 3.8) is 0 Å². The smallest absolute Gasteiger partial charge is 0.252 e. The van der Waals surface area contributed by atoms with Gasteiger partial charge in [-0.15, -0.1) is 0 Å². The van der Waals surface area contributed by atoms with E-state index in [9.17, 15) is 4.79 Å². The largest absolute Gasteiger partial charge is 0.375 e. The van der Waals surface area contributed by atoms with Gasteiger partial charge in [-0.05, 0) is 16.7 Å². The molecule has 1 saturated heterocycles. The van der Waals surface area contributed by atoms with Gasteiger partial charge in [0.05, 0.1) is 32.5 Å². The molecule has 31 heavy (non-hydrogen) atoms. The van der Waals surface area contributed by atoms with E-state index < -0.39 is 12.2 Å². The Morgan fingerprint density at radius 1 is 0.645 bits per heavy atom. The summed E-state index contributed by atoms with van der Waals surface area (Å²) >= 11 is 0. The third-order valence-corrected chi connectivity index (χ3v) is 5.25. The standard InChI is InChI=1S/C26H27NO4/c28-26-25(31-18-22-14-8-3-9-15-22)24(30-17-21-12-6-2-7-13-21)23(27-26)19-29-16-20-10-4-1-5-11-20/h1-15,23-25H,16-19H2,(H,27,28)/t23-,24-,25+/m0/s1. The molecular formula is C26H27NO4. The van der Waals surface area contributed by atoms with Crippen molar-refractivity contribution in [2.24, 2.45) is 0 Å². The molecule has 1 heterocycles. The van der Waals surface area contributed by atoms with E-state index in [1.54, 1.807) is 0 Å². The number of hydrogen-bond acceptors (Lipinski definition) is 4. The lowest BCUT2D eigenvalue weighted by Gasteiger charge is -2.23. The zero-order valence-corrected chi connectivity index (χ0v) is 17.4. The van der Waals surface area contributed by atoms with Crippen molar-refractivity contribution in [2.45, 2.75) is 38.1 Å². The highest BCUT2D eigenvalue weighted by molar-refractivity contribution is 5.84. The van der Waals surface area contributed by atoms with Crippen molar-refractivity contribution in [3.8, 4) is 0 Å². The van der Waals surface area contributed by atoms with E-state index in [0.29, 0.717) is 26.4 Å². The second-order valence-electron chi connectivity index (χ2n) is 7.59. The van der Waals surface area contributed by atoms with Crippen LogP contribution >= 0.6 is 0 Å². The summed E-state index contributed by atoms with van der Waals surface area (Å²) in [4.78, 5) is 12.7. The van der Waals surface area contributed by atoms with Gasteiger partial charge >= 0.3 is 0 Å². The van der Waals surface area contributed by atoms with Gasteiger partial charge in [0.15, 0.2) is 6.10 Å². The van der Waals surface area contributed by atoms with Crippen LogP contribution < -0.4 is 5.32 Å². The van der Waals surface area contributed by atoms with Crippen LogP contribution in [0, 0.1) is 0 Å². The second kappa shape index (κ2) is 10.9. The normalized spacial score (nSPS) is 20.5. The second-order valence-corrected chi connectivity index (χ2v) is 7.59. The number of benzene rings is 3. The highest BCUT2D eigenvalue weighted by atomic mass is 16.6. The number of hydrogen-bond donors (Lipinski definition) is 1. The number of amides is 1. The number of nitrogens with one attached hydrogen (secondary N) is 1. The van der Waals surface area contributed by atoms with Gasteiger partial charge in [0, 0.05) is 0 Å². The van der Waals surface area contributed by atoms with Crippen molar-refractivity contribution in [1.29, 1.82) is 0 Å². The highest BCUT2D eigenvalue weighted by Crippen LogP contribution is 2.21. The summed E-state index contributed by atoms with van der Waals surface area (Å²) in [6.45, 7) is 1.59. The van der Waals surface area contributed by atoms with Crippen molar-refractivity contribution < 1.29 is 19.0 Å². The maximum atomic E-state index is 12.7. The maximum absolute atomic E-state index is 12.7. The fourth-order valence-corrected chi connectivity index (χ4v) is 3.62. The Labute approximate surface area is 183 Å². The van der Waals surface area contributed by atoms with Gasteiger partial charge in [-0.1, -0.05) is 91.0 Å². The zero-order chi connectivity index (χ0) is 21.3. The lowest BCUT2D eigenvalue weighted by Crippen LogP contribution is -2.39. The molecule has 3 aromatic rings. The first-order valence-corrected chi connectivity index (χ1v) is 10.5. The molecule has 1 N–H and O–H groups in total. The summed E-state index contributed by atoms with van der Waals surface area (Å²) in [6, 6.07) is 29.4. The summed E-state index contributed by atoms with van der Waals surface area (Å²) in [5, 5.41) is 3.00. The minimum atomic E-state index is -0.686. The quantitative estimate of drug-likeness (QED) is 0.544. The molecular weight excluding hydrogens is 390 g/mol. The Morgan fingerprint density at radius 3 is 1.68 bits per heavy atom. The molecule has 1 amide bonds. The maximum Gasteiger partial charge on any atom is 0.252 e. The van der Waals surface area contributed by atoms with Crippen molar-refractivity contribution in [3.05, 3.63) is 108 Å². The molecule has 1 aliphatic heterocycles. The van der Waals surface area contributed by atoms with Crippen molar-refractivity contribution in [1.82, 2.24) is 5.32 Å². The molecule has 0 spiro atoms. The van der Waals surface area contributed by atoms with Crippen LogP contribution in [-0.2, 0) is 38.8 Å². The van der Waals surface area contributed by atoms with E-state index in [1.165, 1.54) is 0 Å². The molecule has 1 aliphatic rings. The lowest BCUT2D eigenvalue weighted by atomic mass is 10.1. The number of rotatable bonds is 10. The van der Waals surface area contributed by atoms with Gasteiger partial charge in [0.25, 0.3) is 5.91 Å². The van der Waals surface area contributed by atoms with E-state index in [0.717, 1.165) is 16.7 Å². The molecule has 4 rings (SSSR count). The van der Waals surface area contributed by atoms with Crippen LogP contribution in [0.15, 0.2) is 91.0 Å². The Hall–Kier alpha value is -2.99. The highest BCUT2D eigenvalue weighted by Gasteiger charge is 2.44. The summed E-state index contributed by atoms with van der Waals surface area (Å²) in [7, 11) is 0. The van der Waals surface area contributed by atoms with Crippen LogP contribution in [0.4, 0.5) is 0 Å². The lowest BCUT2D eigenvalue weighted by molar-refractivity contribution is -0.137. The van der Waals surface area contributed by atoms with Gasteiger partial charge in [-0.2, -0.15) is 0 Å². The molecule has 3 atom stereocenters. The number of ether oxygens (including phenoxy) is 3. The van der Waals surface area contributed by atoms with Gasteiger partial charge in [-0.25, -0.2) is 0 Å². The first-order valence-electron chi connectivity index (χ1n) is 10.5. The summed E-state index contributed by atoms with van der Waals surface area (Å²) in [6.07, 6.45) is -1.12. The SMILES string of the molecule is O=C1N[C@@H](COCc2ccccc2)[C@H](OCc2ccccc2)[C@H]1OCc1ccccc1. The van der Waals surface area contributed by atoms with E-state index in [4.69, 9.17) is 14.2 Å². The Kier molecular flexibility index (Phi) is 7.45. The predicted molar refractivity (Wildman–Crippen MR) is 118 cm³/mol. The Morgan fingerprint density at radius 2 is 1.13 bits per heavy atom. The minimum Gasteiger partial charge on any atom is -0.375 e. The van der Waals surface area contributed by atoms with Crippen molar-refractivity contribution >= 4 is 5.91 Å². The van der Waals surface area contributed by atoms with E-state index in [-0.39, 0.29) is 11.9 Å². The van der Waals surface area contributed by atoms with Crippen LogP contribution in [0.5, 0.6) is 0 Å². The topological polar surface area (TPSA) is 56.8 Å². The monoisotopic (exact) mass is 417 g/mol. The van der Waals surface area contributed by atoms with Gasteiger partial charge < -0.3 is 19.5 Å². The van der Waals surface area contributed by atoms with Crippen LogP contribution in [0.2, 0.25) is 0 Å². The zero-order valence-electron chi connectivity index (χ0n) is 17.4.